The molecule has 6 heteroatoms. The van der Waals surface area contributed by atoms with Crippen molar-refractivity contribution in [2.45, 2.75) is 45.8 Å². The first-order valence-electron chi connectivity index (χ1n) is 6.79. The molecule has 1 aliphatic rings. The highest BCUT2D eigenvalue weighted by Gasteiger charge is 2.41. The fraction of sp³-hybridized carbons (Fsp3) is 0.571. The fourth-order valence-corrected chi connectivity index (χ4v) is 3.60. The van der Waals surface area contributed by atoms with E-state index in [2.05, 4.69) is 5.32 Å². The molecule has 20 heavy (non-hydrogen) atoms. The number of hydrogen-bond acceptors (Lipinski definition) is 3. The van der Waals surface area contributed by atoms with Gasteiger partial charge in [0.15, 0.2) is 0 Å². The number of hydrogen-bond donors (Lipinski definition) is 1. The molecule has 1 N–H and O–H groups in total. The lowest BCUT2D eigenvalue weighted by Gasteiger charge is -2.40. The number of nitrogens with one attached hydrogen (secondary N) is 1. The summed E-state index contributed by atoms with van der Waals surface area (Å²) in [4.78, 5) is 27.4. The van der Waals surface area contributed by atoms with Gasteiger partial charge in [0.1, 0.15) is 12.1 Å². The van der Waals surface area contributed by atoms with E-state index in [1.165, 1.54) is 11.3 Å². The van der Waals surface area contributed by atoms with E-state index in [0.29, 0.717) is 17.3 Å². The van der Waals surface area contributed by atoms with E-state index in [1.807, 2.05) is 32.9 Å². The van der Waals surface area contributed by atoms with Gasteiger partial charge in [0.2, 0.25) is 11.8 Å². The maximum atomic E-state index is 12.5. The van der Waals surface area contributed by atoms with Crippen molar-refractivity contribution in [3.05, 3.63) is 21.3 Å². The number of thiophene rings is 1. The normalized spacial score (nSPS) is 23.4. The summed E-state index contributed by atoms with van der Waals surface area (Å²) in [6.45, 7) is 6.26. The average Bonchev–Trinajstić information content (AvgIpc) is 2.78. The van der Waals surface area contributed by atoms with Crippen LogP contribution >= 0.6 is 22.9 Å². The van der Waals surface area contributed by atoms with Crippen molar-refractivity contribution in [3.63, 3.8) is 0 Å². The number of carbonyl (C=O) groups is 2. The van der Waals surface area contributed by atoms with E-state index in [0.717, 1.165) is 4.88 Å². The predicted octanol–water partition coefficient (Wildman–Crippen LogP) is 2.66. The van der Waals surface area contributed by atoms with E-state index in [9.17, 15) is 9.59 Å². The van der Waals surface area contributed by atoms with Crippen molar-refractivity contribution >= 4 is 34.8 Å². The zero-order valence-corrected chi connectivity index (χ0v) is 13.4. The zero-order chi connectivity index (χ0) is 14.9. The van der Waals surface area contributed by atoms with Crippen molar-refractivity contribution < 1.29 is 9.59 Å². The maximum absolute atomic E-state index is 12.5. The molecule has 1 fully saturated rings. The van der Waals surface area contributed by atoms with Crippen LogP contribution in [-0.2, 0) is 16.1 Å². The molecule has 0 saturated carbocycles. The second-order valence-electron chi connectivity index (χ2n) is 5.33. The van der Waals surface area contributed by atoms with Crippen LogP contribution in [-0.4, -0.2) is 28.8 Å². The van der Waals surface area contributed by atoms with Crippen molar-refractivity contribution in [2.24, 2.45) is 5.92 Å². The Morgan fingerprint density at radius 3 is 2.60 bits per heavy atom. The van der Waals surface area contributed by atoms with E-state index in [1.54, 1.807) is 4.90 Å². The minimum absolute atomic E-state index is 0.00433. The Labute approximate surface area is 128 Å². The Hall–Kier alpha value is -1.07. The van der Waals surface area contributed by atoms with Gasteiger partial charge in [0.25, 0.3) is 0 Å². The highest BCUT2D eigenvalue weighted by Crippen LogP contribution is 2.26. The number of piperazine rings is 1. The minimum Gasteiger partial charge on any atom is -0.343 e. The summed E-state index contributed by atoms with van der Waals surface area (Å²) in [6, 6.07) is 2.90. The molecular weight excluding hydrogens is 296 g/mol. The van der Waals surface area contributed by atoms with Gasteiger partial charge in [-0.2, -0.15) is 0 Å². The fourth-order valence-electron chi connectivity index (χ4n) is 2.52. The van der Waals surface area contributed by atoms with Crippen molar-refractivity contribution in [2.75, 3.05) is 0 Å². The molecule has 0 aliphatic carbocycles. The van der Waals surface area contributed by atoms with Gasteiger partial charge in [0.05, 0.1) is 10.9 Å². The lowest BCUT2D eigenvalue weighted by molar-refractivity contribution is -0.151. The summed E-state index contributed by atoms with van der Waals surface area (Å²) >= 11 is 7.38. The molecule has 0 aromatic carbocycles. The van der Waals surface area contributed by atoms with Crippen LogP contribution in [0.25, 0.3) is 0 Å². The molecule has 2 heterocycles. The summed E-state index contributed by atoms with van der Waals surface area (Å²) in [7, 11) is 0. The van der Waals surface area contributed by atoms with Gasteiger partial charge in [-0.15, -0.1) is 11.3 Å². The van der Waals surface area contributed by atoms with E-state index < -0.39 is 12.1 Å². The molecule has 2 atom stereocenters. The van der Waals surface area contributed by atoms with Gasteiger partial charge in [-0.1, -0.05) is 32.4 Å². The quantitative estimate of drug-likeness (QED) is 0.929. The molecule has 1 aromatic rings. The van der Waals surface area contributed by atoms with Crippen LogP contribution in [0, 0.1) is 5.92 Å². The average molecular weight is 315 g/mol. The van der Waals surface area contributed by atoms with Gasteiger partial charge in [-0.05, 0) is 24.5 Å². The monoisotopic (exact) mass is 314 g/mol. The lowest BCUT2D eigenvalue weighted by Crippen LogP contribution is -2.64. The van der Waals surface area contributed by atoms with E-state index in [-0.39, 0.29) is 17.7 Å². The van der Waals surface area contributed by atoms with Crippen molar-refractivity contribution in [1.82, 2.24) is 10.2 Å². The van der Waals surface area contributed by atoms with Gasteiger partial charge in [0, 0.05) is 4.88 Å². The summed E-state index contributed by atoms with van der Waals surface area (Å²) in [6.07, 6.45) is 0.608. The molecule has 2 rings (SSSR count). The summed E-state index contributed by atoms with van der Waals surface area (Å²) in [5.41, 5.74) is 0. The summed E-state index contributed by atoms with van der Waals surface area (Å²) in [5.74, 6) is 0.0108. The van der Waals surface area contributed by atoms with Crippen LogP contribution in [0.3, 0.4) is 0 Å². The maximum Gasteiger partial charge on any atom is 0.246 e. The third kappa shape index (κ3) is 2.99. The second kappa shape index (κ2) is 6.14. The number of halogens is 1. The molecule has 1 saturated heterocycles. The highest BCUT2D eigenvalue weighted by molar-refractivity contribution is 7.16. The van der Waals surface area contributed by atoms with Gasteiger partial charge < -0.3 is 10.2 Å². The molecule has 2 amide bonds. The Bertz CT molecular complexity index is 515. The van der Waals surface area contributed by atoms with Crippen LogP contribution in [0.15, 0.2) is 12.1 Å². The van der Waals surface area contributed by atoms with Crippen molar-refractivity contribution in [3.8, 4) is 0 Å². The largest absolute Gasteiger partial charge is 0.343 e. The third-order valence-corrected chi connectivity index (χ3v) is 4.71. The summed E-state index contributed by atoms with van der Waals surface area (Å²) in [5, 5.41) is 2.82. The van der Waals surface area contributed by atoms with Gasteiger partial charge in [-0.3, -0.25) is 9.59 Å². The molecule has 1 aliphatic heterocycles. The molecule has 4 nitrogen and oxygen atoms in total. The number of amides is 2. The topological polar surface area (TPSA) is 49.4 Å². The first-order chi connectivity index (χ1) is 9.43. The lowest BCUT2D eigenvalue weighted by atomic mass is 9.96. The number of rotatable bonds is 4. The Morgan fingerprint density at radius 1 is 1.40 bits per heavy atom. The molecule has 0 bridgehead atoms. The Kier molecular flexibility index (Phi) is 4.70. The number of nitrogens with zero attached hydrogens (tertiary/aromatic N) is 1. The Morgan fingerprint density at radius 2 is 2.10 bits per heavy atom. The van der Waals surface area contributed by atoms with Crippen LogP contribution < -0.4 is 5.32 Å². The van der Waals surface area contributed by atoms with Crippen LogP contribution in [0.5, 0.6) is 0 Å². The third-order valence-electron chi connectivity index (χ3n) is 3.50. The van der Waals surface area contributed by atoms with Crippen LogP contribution in [0.4, 0.5) is 0 Å². The van der Waals surface area contributed by atoms with Crippen LogP contribution in [0.2, 0.25) is 4.34 Å². The Balaban J connectivity index is 2.27. The minimum atomic E-state index is -0.411. The van der Waals surface area contributed by atoms with Gasteiger partial charge >= 0.3 is 0 Å². The van der Waals surface area contributed by atoms with E-state index in [4.69, 9.17) is 11.6 Å². The molecule has 2 unspecified atom stereocenters. The highest BCUT2D eigenvalue weighted by atomic mass is 35.5. The molecule has 0 spiro atoms. The van der Waals surface area contributed by atoms with E-state index >= 15 is 0 Å². The molecule has 1 aromatic heterocycles. The molecule has 0 radical (unpaired) electrons. The standard InChI is InChI=1S/C14H19ClN2O2S/c1-4-10-14(19)17(7-9-5-6-11(15)20-9)12(8(2)3)13(18)16-10/h5-6,8,10,12H,4,7H2,1-3H3,(H,16,18). The molecular formula is C14H19ClN2O2S. The second-order valence-corrected chi connectivity index (χ2v) is 7.13. The predicted molar refractivity (Wildman–Crippen MR) is 80.7 cm³/mol. The first kappa shape index (κ1) is 15.3. The SMILES string of the molecule is CCC1NC(=O)C(C(C)C)N(Cc2ccc(Cl)s2)C1=O. The van der Waals surface area contributed by atoms with Crippen LogP contribution in [0.1, 0.15) is 32.1 Å². The number of carbonyl (C=O) groups excluding carboxylic acids is 2. The van der Waals surface area contributed by atoms with Crippen molar-refractivity contribution in [1.29, 1.82) is 0 Å². The smallest absolute Gasteiger partial charge is 0.246 e. The van der Waals surface area contributed by atoms with Gasteiger partial charge in [-0.25, -0.2) is 0 Å². The molecule has 110 valence electrons. The zero-order valence-electron chi connectivity index (χ0n) is 11.9. The summed E-state index contributed by atoms with van der Waals surface area (Å²) < 4.78 is 0.696. The first-order valence-corrected chi connectivity index (χ1v) is 7.98.